The van der Waals surface area contributed by atoms with E-state index in [-0.39, 0.29) is 17.7 Å². The van der Waals surface area contributed by atoms with Crippen LogP contribution >= 0.6 is 0 Å². The van der Waals surface area contributed by atoms with Crippen LogP contribution in [0.4, 0.5) is 0 Å². The van der Waals surface area contributed by atoms with Crippen LogP contribution in [0.1, 0.15) is 68.4 Å². The van der Waals surface area contributed by atoms with Crippen LogP contribution in [-0.4, -0.2) is 57.9 Å². The number of benzene rings is 2. The number of nitrogens with one attached hydrogen (secondary N) is 1. The van der Waals surface area contributed by atoms with Gasteiger partial charge in [0.05, 0.1) is 5.60 Å². The fourth-order valence-electron chi connectivity index (χ4n) is 5.18. The monoisotopic (exact) mass is 464 g/mol. The Morgan fingerprint density at radius 1 is 1.18 bits per heavy atom. The zero-order chi connectivity index (χ0) is 24.5. The van der Waals surface area contributed by atoms with Gasteiger partial charge in [0.15, 0.2) is 0 Å². The Morgan fingerprint density at radius 2 is 1.88 bits per heavy atom. The highest BCUT2D eigenvalue weighted by atomic mass is 16.5. The lowest BCUT2D eigenvalue weighted by molar-refractivity contribution is 0.0214. The molecule has 0 saturated carbocycles. The summed E-state index contributed by atoms with van der Waals surface area (Å²) in [5, 5.41) is 24.1. The molecule has 3 N–H and O–H groups in total. The molecule has 1 saturated heterocycles. The van der Waals surface area contributed by atoms with Gasteiger partial charge in [-0.1, -0.05) is 12.1 Å². The van der Waals surface area contributed by atoms with Crippen molar-refractivity contribution in [1.29, 1.82) is 0 Å². The van der Waals surface area contributed by atoms with Crippen molar-refractivity contribution in [3.8, 4) is 11.5 Å². The Morgan fingerprint density at radius 3 is 2.53 bits per heavy atom. The van der Waals surface area contributed by atoms with Gasteiger partial charge in [-0.2, -0.15) is 0 Å². The molecule has 0 aliphatic carbocycles. The molecule has 6 heteroatoms. The molecule has 1 spiro atoms. The van der Waals surface area contributed by atoms with E-state index < -0.39 is 11.2 Å². The quantitative estimate of drug-likeness (QED) is 0.592. The maximum absolute atomic E-state index is 12.8. The minimum absolute atomic E-state index is 0.0276. The molecule has 0 aromatic heterocycles. The molecule has 182 valence electrons. The van der Waals surface area contributed by atoms with Crippen molar-refractivity contribution in [3.05, 3.63) is 65.2 Å². The second-order valence-electron chi connectivity index (χ2n) is 10.1. The number of amides is 1. The van der Waals surface area contributed by atoms with Crippen LogP contribution in [0, 0.1) is 0 Å². The van der Waals surface area contributed by atoms with Crippen molar-refractivity contribution in [2.75, 3.05) is 19.6 Å². The molecule has 6 nitrogen and oxygen atoms in total. The molecule has 34 heavy (non-hydrogen) atoms. The first-order chi connectivity index (χ1) is 16.1. The summed E-state index contributed by atoms with van der Waals surface area (Å²) < 4.78 is 6.56. The number of ether oxygens (including phenoxy) is 1. The Bertz CT molecular complexity index is 1070. The molecule has 0 radical (unpaired) electrons. The van der Waals surface area contributed by atoms with E-state index in [1.807, 2.05) is 62.9 Å². The summed E-state index contributed by atoms with van der Waals surface area (Å²) in [6.07, 6.45) is 4.34. The fourth-order valence-corrected chi connectivity index (χ4v) is 5.18. The van der Waals surface area contributed by atoms with Gasteiger partial charge in [0, 0.05) is 43.1 Å². The van der Waals surface area contributed by atoms with Gasteiger partial charge in [0.1, 0.15) is 17.1 Å². The number of rotatable bonds is 6. The molecule has 2 aromatic rings. The second kappa shape index (κ2) is 9.43. The Labute approximate surface area is 202 Å². The molecular formula is C28H36N2O4. The highest BCUT2D eigenvalue weighted by molar-refractivity contribution is 5.95. The summed E-state index contributed by atoms with van der Waals surface area (Å²) in [6.45, 7) is 9.76. The number of carbonyl (C=O) groups excluding carboxylic acids is 1. The van der Waals surface area contributed by atoms with Gasteiger partial charge >= 0.3 is 0 Å². The minimum Gasteiger partial charge on any atom is -0.508 e. The van der Waals surface area contributed by atoms with Crippen LogP contribution in [0.3, 0.4) is 0 Å². The van der Waals surface area contributed by atoms with E-state index in [9.17, 15) is 15.0 Å². The topological polar surface area (TPSA) is 82.0 Å². The van der Waals surface area contributed by atoms with Crippen LogP contribution in [0.5, 0.6) is 11.5 Å². The standard InChI is InChI=1S/C28H36N2O4/c1-5-30(6-2)26(32)20-9-7-19(8-10-20)24-18-28(34-25-12-11-22(31)15-23(24)25)13-14-29-21(17-28)16-27(3,4)33/h7-12,15,18,21,29,31,33H,5-6,13-14,16-17H2,1-4H3. The lowest BCUT2D eigenvalue weighted by atomic mass is 9.79. The third-order valence-corrected chi connectivity index (χ3v) is 6.79. The van der Waals surface area contributed by atoms with E-state index in [4.69, 9.17) is 4.74 Å². The van der Waals surface area contributed by atoms with Crippen LogP contribution < -0.4 is 10.1 Å². The first-order valence-corrected chi connectivity index (χ1v) is 12.2. The van der Waals surface area contributed by atoms with E-state index in [0.717, 1.165) is 41.8 Å². The molecule has 2 atom stereocenters. The smallest absolute Gasteiger partial charge is 0.253 e. The number of aromatic hydroxyl groups is 1. The maximum atomic E-state index is 12.8. The number of aliphatic hydroxyl groups is 1. The number of phenolic OH excluding ortho intramolecular Hbond substituents is 1. The van der Waals surface area contributed by atoms with Crippen LogP contribution in [-0.2, 0) is 0 Å². The second-order valence-corrected chi connectivity index (χ2v) is 10.1. The largest absolute Gasteiger partial charge is 0.508 e. The van der Waals surface area contributed by atoms with E-state index in [2.05, 4.69) is 11.4 Å². The predicted molar refractivity (Wildman–Crippen MR) is 134 cm³/mol. The number of piperidine rings is 1. The van der Waals surface area contributed by atoms with Crippen LogP contribution in [0.2, 0.25) is 0 Å². The van der Waals surface area contributed by atoms with Gasteiger partial charge in [-0.05, 0) is 88.2 Å². The molecule has 1 fully saturated rings. The summed E-state index contributed by atoms with van der Waals surface area (Å²) in [6, 6.07) is 13.0. The molecule has 2 aromatic carbocycles. The molecule has 1 amide bonds. The summed E-state index contributed by atoms with van der Waals surface area (Å²) in [7, 11) is 0. The van der Waals surface area contributed by atoms with Gasteiger partial charge in [-0.25, -0.2) is 0 Å². The summed E-state index contributed by atoms with van der Waals surface area (Å²) in [4.78, 5) is 14.6. The zero-order valence-electron chi connectivity index (χ0n) is 20.6. The average Bonchev–Trinajstić information content (AvgIpc) is 2.79. The van der Waals surface area contributed by atoms with Crippen molar-refractivity contribution >= 4 is 11.5 Å². The first-order valence-electron chi connectivity index (χ1n) is 12.2. The lowest BCUT2D eigenvalue weighted by Crippen LogP contribution is -2.52. The minimum atomic E-state index is -0.770. The zero-order valence-corrected chi connectivity index (χ0v) is 20.6. The Balaban J connectivity index is 1.71. The predicted octanol–water partition coefficient (Wildman–Crippen LogP) is 4.35. The van der Waals surface area contributed by atoms with Crippen molar-refractivity contribution < 1.29 is 19.7 Å². The van der Waals surface area contributed by atoms with E-state index in [1.54, 1.807) is 12.1 Å². The van der Waals surface area contributed by atoms with E-state index >= 15 is 0 Å². The van der Waals surface area contributed by atoms with Gasteiger partial charge in [0.2, 0.25) is 0 Å². The molecule has 2 aliphatic heterocycles. The van der Waals surface area contributed by atoms with Crippen molar-refractivity contribution in [1.82, 2.24) is 10.2 Å². The van der Waals surface area contributed by atoms with Gasteiger partial charge in [-0.15, -0.1) is 0 Å². The Hall–Kier alpha value is -2.83. The third kappa shape index (κ3) is 5.13. The molecule has 4 rings (SSSR count). The highest BCUT2D eigenvalue weighted by Gasteiger charge is 2.41. The number of hydrogen-bond donors (Lipinski definition) is 3. The van der Waals surface area contributed by atoms with Gasteiger partial charge in [-0.3, -0.25) is 4.79 Å². The third-order valence-electron chi connectivity index (χ3n) is 6.79. The molecular weight excluding hydrogens is 428 g/mol. The van der Waals surface area contributed by atoms with Gasteiger partial charge in [0.25, 0.3) is 5.91 Å². The number of fused-ring (bicyclic) bond motifs is 1. The first kappa shape index (κ1) is 24.3. The normalized spacial score (nSPS) is 22.0. The molecule has 0 bridgehead atoms. The SMILES string of the molecule is CCN(CC)C(=O)c1ccc(C2=CC3(CCNC(CC(C)(C)O)C3)Oc3ccc(O)cc32)cc1. The van der Waals surface area contributed by atoms with E-state index in [1.165, 1.54) is 0 Å². The van der Waals surface area contributed by atoms with Crippen molar-refractivity contribution in [2.45, 2.75) is 64.2 Å². The van der Waals surface area contributed by atoms with Crippen molar-refractivity contribution in [3.63, 3.8) is 0 Å². The molecule has 2 aliphatic rings. The number of phenols is 1. The average molecular weight is 465 g/mol. The highest BCUT2D eigenvalue weighted by Crippen LogP contribution is 2.45. The van der Waals surface area contributed by atoms with Gasteiger partial charge < -0.3 is 25.2 Å². The van der Waals surface area contributed by atoms with Crippen LogP contribution in [0.15, 0.2) is 48.5 Å². The molecule has 2 heterocycles. The number of carbonyl (C=O) groups is 1. The summed E-state index contributed by atoms with van der Waals surface area (Å²) in [5.74, 6) is 0.949. The summed E-state index contributed by atoms with van der Waals surface area (Å²) in [5.41, 5.74) is 2.19. The lowest BCUT2D eigenvalue weighted by Gasteiger charge is -2.44. The number of hydrogen-bond acceptors (Lipinski definition) is 5. The Kier molecular flexibility index (Phi) is 6.74. The molecule has 2 unspecified atom stereocenters. The van der Waals surface area contributed by atoms with Crippen molar-refractivity contribution in [2.24, 2.45) is 0 Å². The van der Waals surface area contributed by atoms with E-state index in [0.29, 0.717) is 25.1 Å². The summed E-state index contributed by atoms with van der Waals surface area (Å²) >= 11 is 0. The maximum Gasteiger partial charge on any atom is 0.253 e. The van der Waals surface area contributed by atoms with Crippen LogP contribution in [0.25, 0.3) is 5.57 Å². The fraction of sp³-hybridized carbons (Fsp3) is 0.464. The number of nitrogens with zero attached hydrogens (tertiary/aromatic N) is 1.